The van der Waals surface area contributed by atoms with Gasteiger partial charge in [-0.25, -0.2) is 4.79 Å². The Morgan fingerprint density at radius 3 is 2.47 bits per heavy atom. The van der Waals surface area contributed by atoms with E-state index in [1.807, 2.05) is 24.4 Å². The van der Waals surface area contributed by atoms with E-state index in [0.717, 1.165) is 64.9 Å². The fourth-order valence-corrected chi connectivity index (χ4v) is 5.65. The minimum atomic E-state index is -0.107. The molecule has 0 spiro atoms. The average molecular weight is 509 g/mol. The Morgan fingerprint density at radius 2 is 1.79 bits per heavy atom. The topological polar surface area (TPSA) is 71.0 Å². The van der Waals surface area contributed by atoms with Gasteiger partial charge in [-0.2, -0.15) is 0 Å². The van der Waals surface area contributed by atoms with E-state index in [4.69, 9.17) is 0 Å². The van der Waals surface area contributed by atoms with E-state index in [1.165, 1.54) is 11.1 Å². The van der Waals surface area contributed by atoms with Gasteiger partial charge in [0.25, 0.3) is 0 Å². The van der Waals surface area contributed by atoms with Crippen molar-refractivity contribution in [2.24, 2.45) is 7.05 Å². The van der Waals surface area contributed by atoms with Crippen LogP contribution in [0.2, 0.25) is 0 Å². The number of benzene rings is 2. The second-order valence-corrected chi connectivity index (χ2v) is 10.6. The number of aryl methyl sites for hydroxylation is 2. The van der Waals surface area contributed by atoms with E-state index in [-0.39, 0.29) is 11.5 Å². The summed E-state index contributed by atoms with van der Waals surface area (Å²) in [6, 6.07) is 16.7. The summed E-state index contributed by atoms with van der Waals surface area (Å²) in [4.78, 5) is 33.8. The number of nitrogens with one attached hydrogen (secondary N) is 1. The lowest BCUT2D eigenvalue weighted by Gasteiger charge is -2.37. The molecule has 1 N–H and O–H groups in total. The van der Waals surface area contributed by atoms with Gasteiger partial charge < -0.3 is 4.98 Å². The van der Waals surface area contributed by atoms with Gasteiger partial charge in [-0.3, -0.25) is 19.2 Å². The highest BCUT2D eigenvalue weighted by molar-refractivity contribution is 5.94. The van der Waals surface area contributed by atoms with Gasteiger partial charge in [0, 0.05) is 36.1 Å². The lowest BCUT2D eigenvalue weighted by Crippen LogP contribution is -2.40. The van der Waals surface area contributed by atoms with Crippen molar-refractivity contribution < 1.29 is 4.79 Å². The zero-order valence-electron chi connectivity index (χ0n) is 22.9. The second-order valence-electron chi connectivity index (χ2n) is 10.6. The first kappa shape index (κ1) is 25.9. The van der Waals surface area contributed by atoms with Crippen LogP contribution in [0, 0.1) is 6.92 Å². The third-order valence-corrected chi connectivity index (χ3v) is 8.30. The van der Waals surface area contributed by atoms with Crippen LogP contribution >= 0.6 is 0 Å². The van der Waals surface area contributed by atoms with Crippen LogP contribution in [0.5, 0.6) is 0 Å². The highest BCUT2D eigenvalue weighted by Crippen LogP contribution is 2.32. The maximum absolute atomic E-state index is 12.1. The molecule has 1 unspecified atom stereocenters. The van der Waals surface area contributed by atoms with E-state index in [1.54, 1.807) is 18.5 Å². The molecule has 0 radical (unpaired) electrons. The average Bonchev–Trinajstić information content (AvgIpc) is 3.22. The van der Waals surface area contributed by atoms with E-state index < -0.39 is 0 Å². The Hall–Kier alpha value is -3.77. The summed E-state index contributed by atoms with van der Waals surface area (Å²) in [6.07, 6.45) is 6.37. The number of imidazole rings is 1. The minimum Gasteiger partial charge on any atom is -0.306 e. The third-order valence-electron chi connectivity index (χ3n) is 8.30. The zero-order valence-corrected chi connectivity index (χ0v) is 22.9. The Balaban J connectivity index is 1.35. The molecule has 6 nitrogen and oxygen atoms in total. The number of Topliss-reactive ketones (excluding diaryl/α,β-unsaturated/α-hetero) is 1. The van der Waals surface area contributed by atoms with Crippen LogP contribution in [-0.4, -0.2) is 44.3 Å². The molecular weight excluding hydrogens is 472 g/mol. The highest BCUT2D eigenvalue weighted by atomic mass is 16.1. The number of pyridine rings is 1. The second kappa shape index (κ2) is 10.5. The molecule has 2 aromatic carbocycles. The summed E-state index contributed by atoms with van der Waals surface area (Å²) in [5, 5.41) is 0. The minimum absolute atomic E-state index is 0.107. The predicted molar refractivity (Wildman–Crippen MR) is 155 cm³/mol. The van der Waals surface area contributed by atoms with Crippen LogP contribution < -0.4 is 5.69 Å². The third kappa shape index (κ3) is 5.01. The SMILES string of the molecule is CC(=O)c1ccc(C2CCN(C(C)/C(C)=C/c3c(-c4ccc5[nH]c(=O)n(C)c5c4)ccnc3C)CC2)cc1. The van der Waals surface area contributed by atoms with Crippen LogP contribution in [0.15, 0.2) is 65.1 Å². The zero-order chi connectivity index (χ0) is 27.0. The summed E-state index contributed by atoms with van der Waals surface area (Å²) in [6.45, 7) is 10.3. The van der Waals surface area contributed by atoms with E-state index in [2.05, 4.69) is 72.0 Å². The number of aromatic amines is 1. The van der Waals surface area contributed by atoms with Crippen LogP contribution in [0.1, 0.15) is 66.7 Å². The number of likely N-dealkylation sites (tertiary alicyclic amines) is 1. The molecule has 1 aliphatic heterocycles. The monoisotopic (exact) mass is 508 g/mol. The molecule has 4 aromatic rings. The smallest absolute Gasteiger partial charge is 0.306 e. The number of ketones is 1. The van der Waals surface area contributed by atoms with Crippen LogP contribution in [0.4, 0.5) is 0 Å². The lowest BCUT2D eigenvalue weighted by atomic mass is 9.87. The van der Waals surface area contributed by atoms with Crippen molar-refractivity contribution in [2.75, 3.05) is 13.1 Å². The van der Waals surface area contributed by atoms with E-state index >= 15 is 0 Å². The standard InChI is InChI=1S/C32H36N4O2/c1-20(22(3)36-16-13-26(14-17-36)25-8-6-24(7-9-25)23(4)37)18-29-21(2)33-15-12-28(29)27-10-11-30-31(19-27)35(5)32(38)34-30/h6-12,15,18-19,22,26H,13-14,16-17H2,1-5H3,(H,34,38)/b20-18+. The molecule has 38 heavy (non-hydrogen) atoms. The summed E-state index contributed by atoms with van der Waals surface area (Å²) in [5.74, 6) is 0.653. The first-order chi connectivity index (χ1) is 18.2. The number of H-pyrrole nitrogens is 1. The lowest BCUT2D eigenvalue weighted by molar-refractivity contribution is 0.101. The molecule has 1 fully saturated rings. The summed E-state index contributed by atoms with van der Waals surface area (Å²) in [5.41, 5.74) is 9.35. The number of rotatable bonds is 6. The molecule has 2 aromatic heterocycles. The van der Waals surface area contributed by atoms with Crippen molar-refractivity contribution in [3.05, 3.63) is 93.2 Å². The van der Waals surface area contributed by atoms with E-state index in [9.17, 15) is 9.59 Å². The quantitative estimate of drug-likeness (QED) is 0.319. The van der Waals surface area contributed by atoms with Gasteiger partial charge >= 0.3 is 5.69 Å². The first-order valence-corrected chi connectivity index (χ1v) is 13.4. The number of hydrogen-bond acceptors (Lipinski definition) is 4. The molecule has 6 heteroatoms. The van der Waals surface area contributed by atoms with Gasteiger partial charge in [0.2, 0.25) is 0 Å². The van der Waals surface area contributed by atoms with Crippen molar-refractivity contribution in [1.82, 2.24) is 19.4 Å². The largest absolute Gasteiger partial charge is 0.326 e. The number of fused-ring (bicyclic) bond motifs is 1. The van der Waals surface area contributed by atoms with Crippen molar-refractivity contribution in [2.45, 2.75) is 52.5 Å². The first-order valence-electron chi connectivity index (χ1n) is 13.4. The molecule has 3 heterocycles. The Kier molecular flexibility index (Phi) is 7.17. The summed E-state index contributed by atoms with van der Waals surface area (Å²) in [7, 11) is 1.79. The summed E-state index contributed by atoms with van der Waals surface area (Å²) >= 11 is 0. The van der Waals surface area contributed by atoms with Crippen LogP contribution in [0.3, 0.4) is 0 Å². The number of hydrogen-bond donors (Lipinski definition) is 1. The van der Waals surface area contributed by atoms with Gasteiger partial charge in [0.1, 0.15) is 0 Å². The van der Waals surface area contributed by atoms with Gasteiger partial charge in [-0.15, -0.1) is 0 Å². The Labute approximate surface area is 224 Å². The molecule has 0 bridgehead atoms. The number of carbonyl (C=O) groups excluding carboxylic acids is 1. The fraction of sp³-hybridized carbons (Fsp3) is 0.344. The van der Waals surface area contributed by atoms with Crippen molar-refractivity contribution in [3.8, 4) is 11.1 Å². The number of carbonyl (C=O) groups is 1. The van der Waals surface area contributed by atoms with Crippen molar-refractivity contribution in [3.63, 3.8) is 0 Å². The molecule has 1 saturated heterocycles. The summed E-state index contributed by atoms with van der Waals surface area (Å²) < 4.78 is 1.65. The van der Waals surface area contributed by atoms with Gasteiger partial charge in [0.05, 0.1) is 11.0 Å². The Bertz CT molecular complexity index is 1570. The molecule has 196 valence electrons. The number of piperidine rings is 1. The van der Waals surface area contributed by atoms with Crippen molar-refractivity contribution in [1.29, 1.82) is 0 Å². The molecule has 0 aliphatic carbocycles. The van der Waals surface area contributed by atoms with Gasteiger partial charge in [-0.05, 0) is 94.4 Å². The maximum atomic E-state index is 12.1. The van der Waals surface area contributed by atoms with E-state index in [0.29, 0.717) is 12.0 Å². The molecule has 5 rings (SSSR count). The Morgan fingerprint density at radius 1 is 1.08 bits per heavy atom. The number of aromatic nitrogens is 3. The predicted octanol–water partition coefficient (Wildman–Crippen LogP) is 6.11. The molecule has 1 atom stereocenters. The fourth-order valence-electron chi connectivity index (χ4n) is 5.65. The normalized spacial score (nSPS) is 16.2. The molecular formula is C32H36N4O2. The highest BCUT2D eigenvalue weighted by Gasteiger charge is 2.25. The molecule has 0 saturated carbocycles. The maximum Gasteiger partial charge on any atom is 0.326 e. The van der Waals surface area contributed by atoms with Crippen LogP contribution in [-0.2, 0) is 7.05 Å². The van der Waals surface area contributed by atoms with Crippen molar-refractivity contribution >= 4 is 22.9 Å². The van der Waals surface area contributed by atoms with Gasteiger partial charge in [-0.1, -0.05) is 42.0 Å². The molecule has 0 amide bonds. The van der Waals surface area contributed by atoms with Gasteiger partial charge in [0.15, 0.2) is 5.78 Å². The van der Waals surface area contributed by atoms with Crippen LogP contribution in [0.25, 0.3) is 28.2 Å². The number of nitrogens with zero attached hydrogens (tertiary/aromatic N) is 3. The molecule has 1 aliphatic rings.